The first kappa shape index (κ1) is 13.3. The molecular formula is C14H11BrClF2N. The summed E-state index contributed by atoms with van der Waals surface area (Å²) < 4.78 is 28.2. The summed E-state index contributed by atoms with van der Waals surface area (Å²) in [5.74, 6) is -1.09. The Balaban J connectivity index is 2.41. The van der Waals surface area contributed by atoms with E-state index in [1.54, 1.807) is 0 Å². The Morgan fingerprint density at radius 2 is 1.89 bits per heavy atom. The zero-order chi connectivity index (χ0) is 13.6. The summed E-state index contributed by atoms with van der Waals surface area (Å²) in [5.41, 5.74) is 1.73. The lowest BCUT2D eigenvalue weighted by Crippen LogP contribution is -2.01. The van der Waals surface area contributed by atoms with Gasteiger partial charge in [0.25, 0.3) is 0 Å². The van der Waals surface area contributed by atoms with Crippen LogP contribution in [0, 0.1) is 11.6 Å². The summed E-state index contributed by atoms with van der Waals surface area (Å²) in [7, 11) is 0. The van der Waals surface area contributed by atoms with Gasteiger partial charge in [-0.2, -0.15) is 0 Å². The molecule has 0 aliphatic heterocycles. The van der Waals surface area contributed by atoms with Crippen LogP contribution >= 0.6 is 27.5 Å². The molecule has 1 heterocycles. The topological polar surface area (TPSA) is 12.9 Å². The van der Waals surface area contributed by atoms with Gasteiger partial charge in [0.2, 0.25) is 0 Å². The number of halogens is 4. The van der Waals surface area contributed by atoms with E-state index in [9.17, 15) is 8.78 Å². The second kappa shape index (κ2) is 4.98. The highest BCUT2D eigenvalue weighted by molar-refractivity contribution is 9.10. The van der Waals surface area contributed by atoms with Crippen molar-refractivity contribution in [3.05, 3.63) is 38.5 Å². The van der Waals surface area contributed by atoms with Gasteiger partial charge in [0.1, 0.15) is 11.3 Å². The van der Waals surface area contributed by atoms with Crippen molar-refractivity contribution in [2.45, 2.75) is 32.1 Å². The molecule has 1 nitrogen and oxygen atoms in total. The van der Waals surface area contributed by atoms with Crippen LogP contribution in [0.4, 0.5) is 8.78 Å². The van der Waals surface area contributed by atoms with Crippen molar-refractivity contribution in [3.63, 3.8) is 0 Å². The minimum Gasteiger partial charge on any atom is -0.249 e. The summed E-state index contributed by atoms with van der Waals surface area (Å²) >= 11 is 9.33. The maximum Gasteiger partial charge on any atom is 0.150 e. The highest BCUT2D eigenvalue weighted by atomic mass is 79.9. The van der Waals surface area contributed by atoms with Crippen LogP contribution in [0.25, 0.3) is 10.9 Å². The van der Waals surface area contributed by atoms with E-state index < -0.39 is 11.6 Å². The van der Waals surface area contributed by atoms with Crippen molar-refractivity contribution in [1.82, 2.24) is 4.98 Å². The van der Waals surface area contributed by atoms with Crippen LogP contribution in [-0.2, 0) is 12.8 Å². The number of nitrogens with zero attached hydrogens (tertiary/aromatic N) is 1. The number of rotatable bonds is 0. The predicted molar refractivity (Wildman–Crippen MR) is 75.6 cm³/mol. The van der Waals surface area contributed by atoms with Crippen molar-refractivity contribution < 1.29 is 8.78 Å². The summed E-state index contributed by atoms with van der Waals surface area (Å²) in [5, 5.41) is 0.411. The number of hydrogen-bond acceptors (Lipinski definition) is 1. The minimum atomic E-state index is -0.544. The predicted octanol–water partition coefficient (Wildman–Crippen LogP) is 5.20. The molecule has 0 N–H and O–H groups in total. The third-order valence-electron chi connectivity index (χ3n) is 3.57. The number of benzene rings is 1. The molecule has 5 heteroatoms. The van der Waals surface area contributed by atoms with Crippen LogP contribution in [0.5, 0.6) is 0 Å². The molecule has 3 rings (SSSR count). The molecule has 2 aromatic rings. The molecule has 19 heavy (non-hydrogen) atoms. The quantitative estimate of drug-likeness (QED) is 0.472. The van der Waals surface area contributed by atoms with Gasteiger partial charge in [-0.15, -0.1) is 0 Å². The second-order valence-corrected chi connectivity index (χ2v) is 6.02. The molecule has 0 spiro atoms. The van der Waals surface area contributed by atoms with E-state index in [0.29, 0.717) is 5.02 Å². The summed E-state index contributed by atoms with van der Waals surface area (Å²) in [6, 6.07) is 1.10. The van der Waals surface area contributed by atoms with E-state index in [1.165, 1.54) is 0 Å². The van der Waals surface area contributed by atoms with Gasteiger partial charge in [-0.1, -0.05) is 18.0 Å². The van der Waals surface area contributed by atoms with Gasteiger partial charge in [0, 0.05) is 5.69 Å². The average molecular weight is 347 g/mol. The summed E-state index contributed by atoms with van der Waals surface area (Å²) in [6.07, 6.45) is 4.69. The van der Waals surface area contributed by atoms with Crippen LogP contribution in [0.1, 0.15) is 30.5 Å². The fourth-order valence-electron chi connectivity index (χ4n) is 2.61. The van der Waals surface area contributed by atoms with Crippen LogP contribution < -0.4 is 0 Å². The van der Waals surface area contributed by atoms with Crippen molar-refractivity contribution >= 4 is 38.4 Å². The lowest BCUT2D eigenvalue weighted by Gasteiger charge is -2.12. The molecule has 0 fully saturated rings. The molecule has 1 aliphatic rings. The van der Waals surface area contributed by atoms with Gasteiger partial charge in [0.15, 0.2) is 5.82 Å². The highest BCUT2D eigenvalue weighted by Crippen LogP contribution is 2.36. The Morgan fingerprint density at radius 3 is 2.68 bits per heavy atom. The highest BCUT2D eigenvalue weighted by Gasteiger charge is 2.21. The molecule has 0 saturated heterocycles. The fourth-order valence-corrected chi connectivity index (χ4v) is 3.38. The van der Waals surface area contributed by atoms with Crippen molar-refractivity contribution in [2.75, 3.05) is 0 Å². The monoisotopic (exact) mass is 345 g/mol. The Hall–Kier alpha value is -0.740. The standard InChI is InChI=1S/C14H11BrClF2N/c15-8-6-9(17)14-11(13(8)18)12(16)7-4-2-1-3-5-10(7)19-14/h6H,1-5H2. The van der Waals surface area contributed by atoms with E-state index in [-0.39, 0.29) is 15.4 Å². The second-order valence-electron chi connectivity index (χ2n) is 4.79. The zero-order valence-corrected chi connectivity index (χ0v) is 12.4. The van der Waals surface area contributed by atoms with Crippen molar-refractivity contribution in [1.29, 1.82) is 0 Å². The normalized spacial score (nSPS) is 15.4. The number of aromatic nitrogens is 1. The zero-order valence-electron chi connectivity index (χ0n) is 10.1. The van der Waals surface area contributed by atoms with Crippen molar-refractivity contribution in [2.24, 2.45) is 0 Å². The molecule has 0 unspecified atom stereocenters. The number of fused-ring (bicyclic) bond motifs is 2. The Labute approximate surface area is 123 Å². The third-order valence-corrected chi connectivity index (χ3v) is 4.56. The van der Waals surface area contributed by atoms with E-state index in [4.69, 9.17) is 11.6 Å². The first-order chi connectivity index (χ1) is 9.09. The van der Waals surface area contributed by atoms with Gasteiger partial charge in [0.05, 0.1) is 14.9 Å². The maximum absolute atomic E-state index is 14.2. The van der Waals surface area contributed by atoms with Gasteiger partial charge in [-0.25, -0.2) is 13.8 Å². The van der Waals surface area contributed by atoms with Crippen LogP contribution in [-0.4, -0.2) is 4.98 Å². The van der Waals surface area contributed by atoms with Gasteiger partial charge in [-0.3, -0.25) is 0 Å². The molecule has 1 aromatic carbocycles. The first-order valence-electron chi connectivity index (χ1n) is 6.24. The maximum atomic E-state index is 14.2. The van der Waals surface area contributed by atoms with Crippen molar-refractivity contribution in [3.8, 4) is 0 Å². The molecular weight excluding hydrogens is 336 g/mol. The lowest BCUT2D eigenvalue weighted by atomic mass is 10.0. The van der Waals surface area contributed by atoms with Crippen LogP contribution in [0.2, 0.25) is 5.02 Å². The molecule has 100 valence electrons. The van der Waals surface area contributed by atoms with Crippen LogP contribution in [0.15, 0.2) is 10.5 Å². The third kappa shape index (κ3) is 2.15. The Morgan fingerprint density at radius 1 is 1.16 bits per heavy atom. The largest absolute Gasteiger partial charge is 0.249 e. The minimum absolute atomic E-state index is 0.0337. The van der Waals surface area contributed by atoms with E-state index in [1.807, 2.05) is 0 Å². The van der Waals surface area contributed by atoms with Gasteiger partial charge < -0.3 is 0 Å². The van der Waals surface area contributed by atoms with Gasteiger partial charge >= 0.3 is 0 Å². The SMILES string of the molecule is Fc1cc(Br)c(F)c2c(Cl)c3c(nc12)CCCCC3. The first-order valence-corrected chi connectivity index (χ1v) is 7.41. The molecule has 0 atom stereocenters. The van der Waals surface area contributed by atoms with E-state index in [2.05, 4.69) is 20.9 Å². The Kier molecular flexibility index (Phi) is 3.48. The van der Waals surface area contributed by atoms with E-state index >= 15 is 0 Å². The molecule has 0 radical (unpaired) electrons. The summed E-state index contributed by atoms with van der Waals surface area (Å²) in [4.78, 5) is 4.32. The van der Waals surface area contributed by atoms with Crippen LogP contribution in [0.3, 0.4) is 0 Å². The lowest BCUT2D eigenvalue weighted by molar-refractivity contribution is 0.609. The van der Waals surface area contributed by atoms with Gasteiger partial charge in [-0.05, 0) is 53.2 Å². The Bertz CT molecular complexity index is 673. The molecule has 0 bridgehead atoms. The van der Waals surface area contributed by atoms with E-state index in [0.717, 1.165) is 49.4 Å². The molecule has 0 amide bonds. The average Bonchev–Trinajstić information content (AvgIpc) is 2.61. The molecule has 1 aliphatic carbocycles. The fraction of sp³-hybridized carbons (Fsp3) is 0.357. The number of pyridine rings is 1. The smallest absolute Gasteiger partial charge is 0.150 e. The molecule has 0 saturated carbocycles. The number of aryl methyl sites for hydroxylation is 1. The molecule has 1 aromatic heterocycles. The summed E-state index contributed by atoms with van der Waals surface area (Å²) in [6.45, 7) is 0. The number of hydrogen-bond donors (Lipinski definition) is 0.